The molecule has 80 valence electrons. The zero-order valence-corrected chi connectivity index (χ0v) is 10.9. The molecule has 1 aromatic rings. The molecule has 0 aromatic carbocycles. The van der Waals surface area contributed by atoms with Gasteiger partial charge in [0.25, 0.3) is 0 Å². The van der Waals surface area contributed by atoms with Crippen molar-refractivity contribution in [3.63, 3.8) is 0 Å². The van der Waals surface area contributed by atoms with Crippen molar-refractivity contribution in [3.8, 4) is 6.19 Å². The first kappa shape index (κ1) is 12.4. The van der Waals surface area contributed by atoms with E-state index in [9.17, 15) is 4.21 Å². The molecule has 0 aliphatic rings. The fourth-order valence-corrected chi connectivity index (χ4v) is 2.43. The molecule has 0 amide bonds. The quantitative estimate of drug-likeness (QED) is 0.479. The van der Waals surface area contributed by atoms with Crippen LogP contribution in [0.3, 0.4) is 0 Å². The zero-order valence-electron chi connectivity index (χ0n) is 7.72. The van der Waals surface area contributed by atoms with E-state index in [0.29, 0.717) is 10.7 Å². The molecule has 0 saturated carbocycles. The molecule has 7 heteroatoms. The highest BCUT2D eigenvalue weighted by molar-refractivity contribution is 9.10. The summed E-state index contributed by atoms with van der Waals surface area (Å²) in [6, 6.07) is 3.28. The first-order valence-corrected chi connectivity index (χ1v) is 7.10. The van der Waals surface area contributed by atoms with E-state index in [1.54, 1.807) is 18.3 Å². The van der Waals surface area contributed by atoms with Crippen LogP contribution in [-0.4, -0.2) is 15.4 Å². The normalized spacial score (nSPS) is 16.1. The Kier molecular flexibility index (Phi) is 4.08. The summed E-state index contributed by atoms with van der Waals surface area (Å²) in [7, 11) is -2.63. The van der Waals surface area contributed by atoms with Gasteiger partial charge in [0.05, 0.1) is 9.73 Å². The molecule has 1 heterocycles. The molecule has 1 rings (SSSR count). The second-order valence-electron chi connectivity index (χ2n) is 2.78. The van der Waals surface area contributed by atoms with E-state index in [-0.39, 0.29) is 0 Å². The summed E-state index contributed by atoms with van der Waals surface area (Å²) in [5.74, 6) is 0. The van der Waals surface area contributed by atoms with Gasteiger partial charge in [-0.1, -0.05) is 33.6 Å². The highest BCUT2D eigenvalue weighted by atomic mass is 79.9. The maximum atomic E-state index is 11.9. The summed E-state index contributed by atoms with van der Waals surface area (Å²) >= 11 is 8.85. The van der Waals surface area contributed by atoms with Crippen molar-refractivity contribution in [1.82, 2.24) is 4.98 Å². The Morgan fingerprint density at radius 2 is 2.40 bits per heavy atom. The van der Waals surface area contributed by atoms with Gasteiger partial charge in [0, 0.05) is 12.5 Å². The van der Waals surface area contributed by atoms with Crippen molar-refractivity contribution in [2.45, 2.75) is 4.16 Å². The lowest BCUT2D eigenvalue weighted by Crippen LogP contribution is -2.04. The van der Waals surface area contributed by atoms with Crippen LogP contribution < -0.4 is 0 Å². The molecular formula is C8H7BrClN3OS. The summed E-state index contributed by atoms with van der Waals surface area (Å²) < 4.78 is 14.7. The second kappa shape index (κ2) is 4.92. The predicted molar refractivity (Wildman–Crippen MR) is 63.0 cm³/mol. The second-order valence-corrected chi connectivity index (χ2v) is 7.07. The third-order valence-electron chi connectivity index (χ3n) is 1.62. The number of halogens is 2. The van der Waals surface area contributed by atoms with E-state index >= 15 is 0 Å². The van der Waals surface area contributed by atoms with Crippen LogP contribution in [0.2, 0.25) is 5.15 Å². The van der Waals surface area contributed by atoms with Gasteiger partial charge in [-0.25, -0.2) is 9.19 Å². The van der Waals surface area contributed by atoms with Crippen LogP contribution in [0.4, 0.5) is 0 Å². The van der Waals surface area contributed by atoms with Crippen LogP contribution >= 0.6 is 27.5 Å². The Labute approximate surface area is 102 Å². The van der Waals surface area contributed by atoms with E-state index in [4.69, 9.17) is 16.9 Å². The minimum Gasteiger partial charge on any atom is -0.247 e. The van der Waals surface area contributed by atoms with E-state index in [2.05, 4.69) is 25.3 Å². The van der Waals surface area contributed by atoms with Crippen molar-refractivity contribution < 1.29 is 4.21 Å². The van der Waals surface area contributed by atoms with Crippen molar-refractivity contribution in [2.75, 3.05) is 6.26 Å². The van der Waals surface area contributed by atoms with Crippen molar-refractivity contribution in [3.05, 3.63) is 29.0 Å². The van der Waals surface area contributed by atoms with Gasteiger partial charge in [-0.15, -0.1) is 4.36 Å². The third kappa shape index (κ3) is 3.16. The number of hydrogen-bond acceptors (Lipinski definition) is 4. The van der Waals surface area contributed by atoms with Crippen LogP contribution in [0.5, 0.6) is 0 Å². The van der Waals surface area contributed by atoms with Crippen molar-refractivity contribution in [1.29, 1.82) is 5.26 Å². The van der Waals surface area contributed by atoms with Gasteiger partial charge in [-0.3, -0.25) is 0 Å². The Morgan fingerprint density at radius 1 is 1.73 bits per heavy atom. The average Bonchev–Trinajstić information content (AvgIpc) is 2.18. The molecule has 0 N–H and O–H groups in total. The van der Waals surface area contributed by atoms with Crippen LogP contribution in [0.25, 0.3) is 0 Å². The summed E-state index contributed by atoms with van der Waals surface area (Å²) in [5.41, 5.74) is 0.672. The van der Waals surface area contributed by atoms with Gasteiger partial charge in [-0.05, 0) is 11.6 Å². The molecule has 0 aliphatic carbocycles. The Hall–Kier alpha value is -0.640. The average molecular weight is 309 g/mol. The lowest BCUT2D eigenvalue weighted by Gasteiger charge is -2.10. The number of rotatable bonds is 2. The Bertz CT molecular complexity index is 502. The molecule has 4 nitrogen and oxygen atoms in total. The molecule has 0 radical (unpaired) electrons. The van der Waals surface area contributed by atoms with E-state index in [1.807, 2.05) is 0 Å². The van der Waals surface area contributed by atoms with Crippen LogP contribution in [0, 0.1) is 11.5 Å². The molecular weight excluding hydrogens is 302 g/mol. The molecule has 0 bridgehead atoms. The summed E-state index contributed by atoms with van der Waals surface area (Å²) in [6.07, 6.45) is 4.45. The SMILES string of the molecule is CS(=O)(=NC#N)C(Br)c1ccc(Cl)nc1. The summed E-state index contributed by atoms with van der Waals surface area (Å²) in [6.45, 7) is 0. The van der Waals surface area contributed by atoms with Gasteiger partial charge in [0.15, 0.2) is 0 Å². The van der Waals surface area contributed by atoms with Crippen LogP contribution in [0.15, 0.2) is 22.7 Å². The highest BCUT2D eigenvalue weighted by Crippen LogP contribution is 2.29. The van der Waals surface area contributed by atoms with E-state index in [0.717, 1.165) is 0 Å². The molecule has 0 aliphatic heterocycles. The molecule has 0 spiro atoms. The zero-order chi connectivity index (χ0) is 11.5. The van der Waals surface area contributed by atoms with E-state index < -0.39 is 13.9 Å². The lowest BCUT2D eigenvalue weighted by molar-refractivity contribution is 0.680. The Balaban J connectivity index is 3.12. The first-order valence-electron chi connectivity index (χ1n) is 3.82. The standard InChI is InChI=1S/C8H7BrClN3OS/c1-15(14,13-5-11)8(9)6-2-3-7(10)12-4-6/h2-4,8H,1H3. The van der Waals surface area contributed by atoms with E-state index in [1.165, 1.54) is 12.5 Å². The lowest BCUT2D eigenvalue weighted by atomic mass is 10.3. The summed E-state index contributed by atoms with van der Waals surface area (Å²) in [5, 5.41) is 8.75. The van der Waals surface area contributed by atoms with Crippen LogP contribution in [0.1, 0.15) is 9.72 Å². The molecule has 15 heavy (non-hydrogen) atoms. The topological polar surface area (TPSA) is 66.1 Å². The fraction of sp³-hybridized carbons (Fsp3) is 0.250. The molecule has 0 saturated heterocycles. The highest BCUT2D eigenvalue weighted by Gasteiger charge is 2.18. The minimum atomic E-state index is -2.63. The van der Waals surface area contributed by atoms with Crippen molar-refractivity contribution in [2.24, 2.45) is 4.36 Å². The monoisotopic (exact) mass is 307 g/mol. The van der Waals surface area contributed by atoms with Gasteiger partial charge >= 0.3 is 0 Å². The number of aromatic nitrogens is 1. The van der Waals surface area contributed by atoms with Crippen molar-refractivity contribution >= 4 is 37.3 Å². The predicted octanol–water partition coefficient (Wildman–Crippen LogP) is 2.71. The van der Waals surface area contributed by atoms with Gasteiger partial charge in [0.1, 0.15) is 9.31 Å². The maximum Gasteiger partial charge on any atom is 0.214 e. The number of hydrogen-bond donors (Lipinski definition) is 0. The van der Waals surface area contributed by atoms with Gasteiger partial charge in [0.2, 0.25) is 6.19 Å². The molecule has 1 aromatic heterocycles. The maximum absolute atomic E-state index is 11.9. The smallest absolute Gasteiger partial charge is 0.214 e. The van der Waals surface area contributed by atoms with Gasteiger partial charge < -0.3 is 0 Å². The largest absolute Gasteiger partial charge is 0.247 e. The number of alkyl halides is 1. The molecule has 0 fully saturated rings. The summed E-state index contributed by atoms with van der Waals surface area (Å²) in [4.78, 5) is 3.86. The Morgan fingerprint density at radius 3 is 2.87 bits per heavy atom. The van der Waals surface area contributed by atoms with Crippen LogP contribution in [-0.2, 0) is 9.73 Å². The minimum absolute atomic E-state index is 0.360. The third-order valence-corrected chi connectivity index (χ3v) is 5.94. The number of nitrogens with zero attached hydrogens (tertiary/aromatic N) is 3. The number of nitriles is 1. The number of pyridine rings is 1. The van der Waals surface area contributed by atoms with Gasteiger partial charge in [-0.2, -0.15) is 5.26 Å². The molecule has 2 atom stereocenters. The fourth-order valence-electron chi connectivity index (χ4n) is 0.901. The first-order chi connectivity index (χ1) is 6.97. The molecule has 2 unspecified atom stereocenters.